The lowest BCUT2D eigenvalue weighted by Gasteiger charge is -2.13. The molecule has 0 aliphatic heterocycles. The fourth-order valence-electron chi connectivity index (χ4n) is 2.74. The molecule has 3 aromatic rings. The van der Waals surface area contributed by atoms with Crippen molar-refractivity contribution in [2.75, 3.05) is 12.4 Å². The summed E-state index contributed by atoms with van der Waals surface area (Å²) in [6.45, 7) is 5.26. The van der Waals surface area contributed by atoms with Crippen LogP contribution in [-0.2, 0) is 13.2 Å². The second-order valence-corrected chi connectivity index (χ2v) is 6.55. The lowest BCUT2D eigenvalue weighted by Crippen LogP contribution is -2.02. The van der Waals surface area contributed by atoms with E-state index in [1.54, 1.807) is 19.2 Å². The molecular weight excluding hydrogens is 341 g/mol. The third kappa shape index (κ3) is 5.00. The Morgan fingerprint density at radius 3 is 2.26 bits per heavy atom. The quantitative estimate of drug-likeness (QED) is 0.587. The van der Waals surface area contributed by atoms with Gasteiger partial charge < -0.3 is 14.8 Å². The summed E-state index contributed by atoms with van der Waals surface area (Å²) in [4.78, 5) is 0. The summed E-state index contributed by atoms with van der Waals surface area (Å²) in [6, 6.07) is 18.5. The highest BCUT2D eigenvalue weighted by Gasteiger charge is 2.07. The van der Waals surface area contributed by atoms with Gasteiger partial charge in [-0.25, -0.2) is 4.39 Å². The average molecular weight is 365 g/mol. The normalized spacial score (nSPS) is 10.5. The van der Waals surface area contributed by atoms with Crippen LogP contribution in [0, 0.1) is 19.7 Å². The van der Waals surface area contributed by atoms with Gasteiger partial charge in [0.05, 0.1) is 7.11 Å². The summed E-state index contributed by atoms with van der Waals surface area (Å²) in [5.41, 5.74) is 5.64. The highest BCUT2D eigenvalue weighted by molar-refractivity contribution is 5.49. The van der Waals surface area contributed by atoms with Crippen molar-refractivity contribution >= 4 is 5.69 Å². The Morgan fingerprint density at radius 2 is 1.56 bits per heavy atom. The first-order valence-corrected chi connectivity index (χ1v) is 8.90. The molecule has 0 saturated heterocycles. The molecule has 27 heavy (non-hydrogen) atoms. The fraction of sp³-hybridized carbons (Fsp3) is 0.217. The Kier molecular flexibility index (Phi) is 5.97. The first-order chi connectivity index (χ1) is 13.0. The van der Waals surface area contributed by atoms with Gasteiger partial charge in [0, 0.05) is 12.2 Å². The van der Waals surface area contributed by atoms with Gasteiger partial charge in [-0.3, -0.25) is 0 Å². The van der Waals surface area contributed by atoms with Crippen molar-refractivity contribution in [3.05, 3.63) is 88.7 Å². The van der Waals surface area contributed by atoms with E-state index in [1.807, 2.05) is 18.2 Å². The standard InChI is InChI=1S/C23H24FNO2/c1-16-4-10-21(12-17(16)2)25-14-19-7-11-22(23(13-19)26-3)27-15-18-5-8-20(24)9-6-18/h4-13,25H,14-15H2,1-3H3. The van der Waals surface area contributed by atoms with Gasteiger partial charge in [0.2, 0.25) is 0 Å². The molecule has 0 aliphatic carbocycles. The Morgan fingerprint density at radius 1 is 0.815 bits per heavy atom. The summed E-state index contributed by atoms with van der Waals surface area (Å²) in [7, 11) is 1.63. The van der Waals surface area contributed by atoms with Crippen molar-refractivity contribution in [2.24, 2.45) is 0 Å². The number of hydrogen-bond donors (Lipinski definition) is 1. The molecule has 0 aliphatic rings. The molecule has 1 N–H and O–H groups in total. The topological polar surface area (TPSA) is 30.5 Å². The van der Waals surface area contributed by atoms with Crippen molar-refractivity contribution < 1.29 is 13.9 Å². The summed E-state index contributed by atoms with van der Waals surface area (Å²) in [5.74, 6) is 1.09. The summed E-state index contributed by atoms with van der Waals surface area (Å²) < 4.78 is 24.3. The van der Waals surface area contributed by atoms with E-state index in [-0.39, 0.29) is 5.82 Å². The van der Waals surface area contributed by atoms with Gasteiger partial charge in [0.1, 0.15) is 12.4 Å². The first kappa shape index (κ1) is 18.8. The number of benzene rings is 3. The lowest BCUT2D eigenvalue weighted by atomic mass is 10.1. The molecule has 4 heteroatoms. The van der Waals surface area contributed by atoms with Gasteiger partial charge in [-0.05, 0) is 72.5 Å². The third-order valence-electron chi connectivity index (χ3n) is 4.54. The van der Waals surface area contributed by atoms with Crippen molar-refractivity contribution in [3.63, 3.8) is 0 Å². The van der Waals surface area contributed by atoms with Gasteiger partial charge in [-0.15, -0.1) is 0 Å². The van der Waals surface area contributed by atoms with E-state index in [0.717, 1.165) is 16.8 Å². The van der Waals surface area contributed by atoms with Crippen LogP contribution in [0.4, 0.5) is 10.1 Å². The van der Waals surface area contributed by atoms with Crippen LogP contribution in [0.15, 0.2) is 60.7 Å². The fourth-order valence-corrected chi connectivity index (χ4v) is 2.74. The SMILES string of the molecule is COc1cc(CNc2ccc(C)c(C)c2)ccc1OCc1ccc(F)cc1. The maximum Gasteiger partial charge on any atom is 0.161 e. The number of rotatable bonds is 7. The van der Waals surface area contributed by atoms with E-state index in [2.05, 4.69) is 37.4 Å². The molecular formula is C23H24FNO2. The molecule has 0 fully saturated rings. The molecule has 0 amide bonds. The summed E-state index contributed by atoms with van der Waals surface area (Å²) in [5, 5.41) is 3.43. The minimum Gasteiger partial charge on any atom is -0.493 e. The van der Waals surface area contributed by atoms with Crippen molar-refractivity contribution in [1.29, 1.82) is 0 Å². The van der Waals surface area contributed by atoms with Gasteiger partial charge in [0.25, 0.3) is 0 Å². The van der Waals surface area contributed by atoms with Crippen LogP contribution in [0.1, 0.15) is 22.3 Å². The van der Waals surface area contributed by atoms with Crippen LogP contribution in [0.25, 0.3) is 0 Å². The molecule has 3 rings (SSSR count). The molecule has 0 aromatic heterocycles. The number of halogens is 1. The summed E-state index contributed by atoms with van der Waals surface area (Å²) >= 11 is 0. The number of nitrogens with one attached hydrogen (secondary N) is 1. The third-order valence-corrected chi connectivity index (χ3v) is 4.54. The van der Waals surface area contributed by atoms with Crippen LogP contribution < -0.4 is 14.8 Å². The highest BCUT2D eigenvalue weighted by atomic mass is 19.1. The molecule has 0 radical (unpaired) electrons. The maximum atomic E-state index is 13.0. The largest absolute Gasteiger partial charge is 0.493 e. The molecule has 0 saturated carbocycles. The predicted molar refractivity (Wildman–Crippen MR) is 107 cm³/mol. The van der Waals surface area contributed by atoms with Crippen LogP contribution in [0.2, 0.25) is 0 Å². The zero-order valence-electron chi connectivity index (χ0n) is 15.9. The molecule has 0 spiro atoms. The number of aryl methyl sites for hydroxylation is 2. The van der Waals surface area contributed by atoms with Gasteiger partial charge in [0.15, 0.2) is 11.5 Å². The zero-order chi connectivity index (χ0) is 19.2. The van der Waals surface area contributed by atoms with E-state index in [4.69, 9.17) is 9.47 Å². The molecule has 0 atom stereocenters. The Bertz CT molecular complexity index is 907. The minimum absolute atomic E-state index is 0.253. The number of methoxy groups -OCH3 is 1. The zero-order valence-corrected chi connectivity index (χ0v) is 15.9. The lowest BCUT2D eigenvalue weighted by molar-refractivity contribution is 0.284. The van der Waals surface area contributed by atoms with Crippen molar-refractivity contribution in [3.8, 4) is 11.5 Å². The van der Waals surface area contributed by atoms with Gasteiger partial charge >= 0.3 is 0 Å². The Labute approximate surface area is 159 Å². The van der Waals surface area contributed by atoms with Crippen molar-refractivity contribution in [2.45, 2.75) is 27.0 Å². The average Bonchev–Trinajstić information content (AvgIpc) is 2.68. The number of ether oxygens (including phenoxy) is 2. The van der Waals surface area contributed by atoms with Crippen LogP contribution >= 0.6 is 0 Å². The Hall–Kier alpha value is -3.01. The monoisotopic (exact) mass is 365 g/mol. The van der Waals surface area contributed by atoms with Crippen LogP contribution in [0.5, 0.6) is 11.5 Å². The second kappa shape index (κ2) is 8.58. The van der Waals surface area contributed by atoms with E-state index in [9.17, 15) is 4.39 Å². The van der Waals surface area contributed by atoms with E-state index >= 15 is 0 Å². The second-order valence-electron chi connectivity index (χ2n) is 6.55. The highest BCUT2D eigenvalue weighted by Crippen LogP contribution is 2.29. The molecule has 3 nitrogen and oxygen atoms in total. The van der Waals surface area contributed by atoms with Crippen LogP contribution in [-0.4, -0.2) is 7.11 Å². The number of anilines is 1. The van der Waals surface area contributed by atoms with Crippen LogP contribution in [0.3, 0.4) is 0 Å². The maximum absolute atomic E-state index is 13.0. The number of hydrogen-bond acceptors (Lipinski definition) is 3. The molecule has 0 unspecified atom stereocenters. The minimum atomic E-state index is -0.253. The van der Waals surface area contributed by atoms with E-state index < -0.39 is 0 Å². The Balaban J connectivity index is 1.64. The summed E-state index contributed by atoms with van der Waals surface area (Å²) in [6.07, 6.45) is 0. The molecule has 3 aromatic carbocycles. The first-order valence-electron chi connectivity index (χ1n) is 8.90. The van der Waals surface area contributed by atoms with Gasteiger partial charge in [-0.1, -0.05) is 24.3 Å². The van der Waals surface area contributed by atoms with E-state index in [1.165, 1.54) is 23.3 Å². The predicted octanol–water partition coefficient (Wildman–Crippen LogP) is 5.64. The van der Waals surface area contributed by atoms with Gasteiger partial charge in [-0.2, -0.15) is 0 Å². The molecule has 0 heterocycles. The van der Waals surface area contributed by atoms with E-state index in [0.29, 0.717) is 24.7 Å². The molecule has 140 valence electrons. The smallest absolute Gasteiger partial charge is 0.161 e. The molecule has 0 bridgehead atoms. The van der Waals surface area contributed by atoms with Crippen molar-refractivity contribution in [1.82, 2.24) is 0 Å².